The maximum absolute atomic E-state index is 12.2. The van der Waals surface area contributed by atoms with E-state index in [9.17, 15) is 4.79 Å². The number of amides is 1. The number of nitrogens with zero attached hydrogens (tertiary/aromatic N) is 2. The summed E-state index contributed by atoms with van der Waals surface area (Å²) in [6.07, 6.45) is 1.60. The first-order chi connectivity index (χ1) is 15.6. The summed E-state index contributed by atoms with van der Waals surface area (Å²) in [5, 5.41) is 3.00. The van der Waals surface area contributed by atoms with Gasteiger partial charge in [-0.05, 0) is 55.7 Å². The minimum absolute atomic E-state index is 0.0406. The number of ether oxygens (including phenoxy) is 1. The highest BCUT2D eigenvalue weighted by Crippen LogP contribution is 2.23. The van der Waals surface area contributed by atoms with Crippen molar-refractivity contribution in [1.82, 2.24) is 14.9 Å². The molecular formula is C27H29N3O2. The molecular weight excluding hydrogens is 398 g/mol. The fourth-order valence-corrected chi connectivity index (χ4v) is 3.97. The summed E-state index contributed by atoms with van der Waals surface area (Å²) in [5.74, 6) is 1.94. The lowest BCUT2D eigenvalue weighted by atomic mass is 10.1. The standard InChI is InChI=1S/C27H29N3O2/c1-20-10-8-11-21(2)26(20)32-19-18-30-24-15-7-6-14-23(24)29-25(30)16-9-17-28-27(31)22-12-4-3-5-13-22/h3-8,10-15H,9,16-19H2,1-2H3,(H,28,31). The summed E-state index contributed by atoms with van der Waals surface area (Å²) in [6, 6.07) is 23.7. The fourth-order valence-electron chi connectivity index (χ4n) is 3.97. The number of carbonyl (C=O) groups is 1. The normalized spacial score (nSPS) is 10.9. The molecule has 0 fully saturated rings. The molecule has 4 aromatic rings. The number of aryl methyl sites for hydroxylation is 3. The number of aromatic nitrogens is 2. The van der Waals surface area contributed by atoms with E-state index in [1.165, 1.54) is 0 Å². The highest BCUT2D eigenvalue weighted by Gasteiger charge is 2.12. The van der Waals surface area contributed by atoms with Crippen LogP contribution in [0.25, 0.3) is 11.0 Å². The average molecular weight is 428 g/mol. The first-order valence-corrected chi connectivity index (χ1v) is 11.1. The predicted molar refractivity (Wildman–Crippen MR) is 128 cm³/mol. The van der Waals surface area contributed by atoms with Gasteiger partial charge in [0.15, 0.2) is 0 Å². The number of nitrogens with one attached hydrogen (secondary N) is 1. The average Bonchev–Trinajstić information content (AvgIpc) is 3.16. The zero-order chi connectivity index (χ0) is 22.3. The number of benzene rings is 3. The van der Waals surface area contributed by atoms with Crippen LogP contribution in [0.3, 0.4) is 0 Å². The smallest absolute Gasteiger partial charge is 0.251 e. The first-order valence-electron chi connectivity index (χ1n) is 11.1. The van der Waals surface area contributed by atoms with E-state index in [0.717, 1.165) is 53.1 Å². The minimum atomic E-state index is -0.0406. The van der Waals surface area contributed by atoms with Crippen LogP contribution in [0.1, 0.15) is 33.7 Å². The van der Waals surface area contributed by atoms with Gasteiger partial charge >= 0.3 is 0 Å². The summed E-state index contributed by atoms with van der Waals surface area (Å²) >= 11 is 0. The first kappa shape index (κ1) is 21.6. The molecule has 1 amide bonds. The van der Waals surface area contributed by atoms with Crippen molar-refractivity contribution in [1.29, 1.82) is 0 Å². The monoisotopic (exact) mass is 427 g/mol. The molecule has 0 saturated carbocycles. The summed E-state index contributed by atoms with van der Waals surface area (Å²) < 4.78 is 8.38. The molecule has 0 aliphatic heterocycles. The summed E-state index contributed by atoms with van der Waals surface area (Å²) in [4.78, 5) is 17.1. The van der Waals surface area contributed by atoms with Crippen LogP contribution in [-0.2, 0) is 13.0 Å². The number of carbonyl (C=O) groups excluding carboxylic acids is 1. The Balaban J connectivity index is 1.39. The van der Waals surface area contributed by atoms with Gasteiger partial charge in [-0.15, -0.1) is 0 Å². The van der Waals surface area contributed by atoms with Crippen LogP contribution in [0.15, 0.2) is 72.8 Å². The molecule has 0 spiro atoms. The number of fused-ring (bicyclic) bond motifs is 1. The van der Waals surface area contributed by atoms with Gasteiger partial charge in [-0.2, -0.15) is 0 Å². The maximum atomic E-state index is 12.2. The van der Waals surface area contributed by atoms with Crippen LogP contribution < -0.4 is 10.1 Å². The number of rotatable bonds is 9. The van der Waals surface area contributed by atoms with Gasteiger partial charge < -0.3 is 14.6 Å². The van der Waals surface area contributed by atoms with Crippen LogP contribution in [-0.4, -0.2) is 28.6 Å². The van der Waals surface area contributed by atoms with Gasteiger partial charge in [0.25, 0.3) is 5.91 Å². The quantitative estimate of drug-likeness (QED) is 0.378. The number of imidazole rings is 1. The predicted octanol–water partition coefficient (Wildman–Crippen LogP) is 5.09. The van der Waals surface area contributed by atoms with Gasteiger partial charge in [-0.25, -0.2) is 4.98 Å². The van der Waals surface area contributed by atoms with E-state index in [4.69, 9.17) is 9.72 Å². The Morgan fingerprint density at radius 2 is 1.66 bits per heavy atom. The largest absolute Gasteiger partial charge is 0.491 e. The third-order valence-electron chi connectivity index (χ3n) is 5.60. The van der Waals surface area contributed by atoms with E-state index >= 15 is 0 Å². The van der Waals surface area contributed by atoms with Crippen LogP contribution in [0, 0.1) is 13.8 Å². The van der Waals surface area contributed by atoms with Gasteiger partial charge in [0.05, 0.1) is 17.6 Å². The van der Waals surface area contributed by atoms with E-state index in [-0.39, 0.29) is 5.91 Å². The van der Waals surface area contributed by atoms with Gasteiger partial charge in [0.2, 0.25) is 0 Å². The molecule has 5 heteroatoms. The third-order valence-corrected chi connectivity index (χ3v) is 5.60. The lowest BCUT2D eigenvalue weighted by molar-refractivity contribution is 0.0953. The van der Waals surface area contributed by atoms with Crippen LogP contribution in [0.2, 0.25) is 0 Å². The number of hydrogen-bond acceptors (Lipinski definition) is 3. The summed E-state index contributed by atoms with van der Waals surface area (Å²) in [6.45, 7) is 6.05. The Morgan fingerprint density at radius 3 is 2.44 bits per heavy atom. The molecule has 0 radical (unpaired) electrons. The highest BCUT2D eigenvalue weighted by molar-refractivity contribution is 5.94. The second kappa shape index (κ2) is 10.1. The number of hydrogen-bond donors (Lipinski definition) is 1. The van der Waals surface area contributed by atoms with Crippen molar-refractivity contribution in [3.63, 3.8) is 0 Å². The number of para-hydroxylation sites is 3. The molecule has 3 aromatic carbocycles. The molecule has 164 valence electrons. The van der Waals surface area contributed by atoms with Crippen LogP contribution >= 0.6 is 0 Å². The SMILES string of the molecule is Cc1cccc(C)c1OCCn1c(CCCNC(=O)c2ccccc2)nc2ccccc21. The van der Waals surface area contributed by atoms with Crippen LogP contribution in [0.4, 0.5) is 0 Å². The Hall–Kier alpha value is -3.60. The van der Waals surface area contributed by atoms with Crippen LogP contribution in [0.5, 0.6) is 5.75 Å². The molecule has 0 aliphatic carbocycles. The Kier molecular flexibility index (Phi) is 6.85. The van der Waals surface area contributed by atoms with Crippen molar-refractivity contribution in [2.24, 2.45) is 0 Å². The Bertz CT molecular complexity index is 1180. The molecule has 4 rings (SSSR count). The molecule has 32 heavy (non-hydrogen) atoms. The molecule has 5 nitrogen and oxygen atoms in total. The van der Waals surface area contributed by atoms with Crippen molar-refractivity contribution in [3.05, 3.63) is 95.3 Å². The van der Waals surface area contributed by atoms with Gasteiger partial charge in [0.1, 0.15) is 18.2 Å². The van der Waals surface area contributed by atoms with Crippen molar-refractivity contribution >= 4 is 16.9 Å². The van der Waals surface area contributed by atoms with Gasteiger partial charge in [0, 0.05) is 18.5 Å². The maximum Gasteiger partial charge on any atom is 0.251 e. The molecule has 0 saturated heterocycles. The Labute approximate surface area is 189 Å². The van der Waals surface area contributed by atoms with Crippen molar-refractivity contribution in [2.45, 2.75) is 33.2 Å². The lowest BCUT2D eigenvalue weighted by Gasteiger charge is -2.14. The molecule has 1 N–H and O–H groups in total. The van der Waals surface area contributed by atoms with E-state index in [0.29, 0.717) is 18.7 Å². The van der Waals surface area contributed by atoms with E-state index in [1.54, 1.807) is 0 Å². The zero-order valence-corrected chi connectivity index (χ0v) is 18.7. The van der Waals surface area contributed by atoms with Gasteiger partial charge in [-0.1, -0.05) is 48.5 Å². The van der Waals surface area contributed by atoms with Crippen molar-refractivity contribution < 1.29 is 9.53 Å². The lowest BCUT2D eigenvalue weighted by Crippen LogP contribution is -2.25. The second-order valence-electron chi connectivity index (χ2n) is 7.96. The molecule has 0 aliphatic rings. The van der Waals surface area contributed by atoms with E-state index < -0.39 is 0 Å². The molecule has 0 unspecified atom stereocenters. The highest BCUT2D eigenvalue weighted by atomic mass is 16.5. The molecule has 0 bridgehead atoms. The van der Waals surface area contributed by atoms with Crippen molar-refractivity contribution in [2.75, 3.05) is 13.2 Å². The molecule has 1 aromatic heterocycles. The minimum Gasteiger partial charge on any atom is -0.491 e. The third kappa shape index (κ3) is 4.99. The topological polar surface area (TPSA) is 56.1 Å². The van der Waals surface area contributed by atoms with Gasteiger partial charge in [-0.3, -0.25) is 4.79 Å². The zero-order valence-electron chi connectivity index (χ0n) is 18.7. The van der Waals surface area contributed by atoms with Crippen molar-refractivity contribution in [3.8, 4) is 5.75 Å². The second-order valence-corrected chi connectivity index (χ2v) is 7.96. The van der Waals surface area contributed by atoms with E-state index in [1.807, 2.05) is 48.5 Å². The summed E-state index contributed by atoms with van der Waals surface area (Å²) in [5.41, 5.74) is 5.08. The molecule has 1 heterocycles. The fraction of sp³-hybridized carbons (Fsp3) is 0.259. The molecule has 0 atom stereocenters. The Morgan fingerprint density at radius 1 is 0.938 bits per heavy atom. The van der Waals surface area contributed by atoms with E-state index in [2.05, 4.69) is 48.0 Å². The summed E-state index contributed by atoms with van der Waals surface area (Å²) in [7, 11) is 0.